The Morgan fingerprint density at radius 1 is 1.26 bits per heavy atom. The van der Waals surface area contributed by atoms with Gasteiger partial charge in [0, 0.05) is 24.2 Å². The highest BCUT2D eigenvalue weighted by molar-refractivity contribution is 5.59. The molecule has 0 aliphatic carbocycles. The van der Waals surface area contributed by atoms with Gasteiger partial charge >= 0.3 is 0 Å². The maximum atomic E-state index is 12.1. The fourth-order valence-electron chi connectivity index (χ4n) is 1.99. The van der Waals surface area contributed by atoms with Gasteiger partial charge in [-0.2, -0.15) is 5.10 Å². The first-order valence-corrected chi connectivity index (χ1v) is 6.48. The molecule has 4 heteroatoms. The van der Waals surface area contributed by atoms with Crippen LogP contribution in [-0.2, 0) is 13.1 Å². The van der Waals surface area contributed by atoms with E-state index in [1.54, 1.807) is 0 Å². The van der Waals surface area contributed by atoms with E-state index < -0.39 is 0 Å². The Hall–Kier alpha value is -1.94. The lowest BCUT2D eigenvalue weighted by atomic mass is 10.1. The van der Waals surface area contributed by atoms with Crippen molar-refractivity contribution in [2.45, 2.75) is 26.9 Å². The Labute approximate surface area is 113 Å². The Morgan fingerprint density at radius 3 is 2.53 bits per heavy atom. The van der Waals surface area contributed by atoms with Crippen molar-refractivity contribution in [2.24, 2.45) is 0 Å². The van der Waals surface area contributed by atoms with E-state index in [0.717, 1.165) is 16.8 Å². The van der Waals surface area contributed by atoms with E-state index in [2.05, 4.69) is 29.5 Å². The molecule has 0 saturated carbocycles. The molecule has 0 saturated heterocycles. The molecule has 0 unspecified atom stereocenters. The normalized spacial score (nSPS) is 10.7. The van der Waals surface area contributed by atoms with Crippen LogP contribution in [0.4, 0.5) is 0 Å². The second-order valence-electron chi connectivity index (χ2n) is 4.57. The summed E-state index contributed by atoms with van der Waals surface area (Å²) >= 11 is 0. The summed E-state index contributed by atoms with van der Waals surface area (Å²) in [7, 11) is 1.84. The quantitative estimate of drug-likeness (QED) is 0.910. The number of aromatic nitrogens is 2. The molecule has 0 radical (unpaired) electrons. The van der Waals surface area contributed by atoms with Crippen LogP contribution >= 0.6 is 0 Å². The fraction of sp³-hybridized carbons (Fsp3) is 0.333. The van der Waals surface area contributed by atoms with Gasteiger partial charge in [0.2, 0.25) is 0 Å². The second kappa shape index (κ2) is 5.80. The third-order valence-corrected chi connectivity index (χ3v) is 3.06. The molecular formula is C15H19N3O. The fourth-order valence-corrected chi connectivity index (χ4v) is 1.99. The van der Waals surface area contributed by atoms with Crippen LogP contribution in [0.1, 0.15) is 18.1 Å². The van der Waals surface area contributed by atoms with Crippen molar-refractivity contribution in [1.82, 2.24) is 15.1 Å². The first kappa shape index (κ1) is 13.5. The summed E-state index contributed by atoms with van der Waals surface area (Å²) in [4.78, 5) is 12.1. The summed E-state index contributed by atoms with van der Waals surface area (Å²) in [6.07, 6.45) is 0. The van der Waals surface area contributed by atoms with Crippen molar-refractivity contribution >= 4 is 0 Å². The number of rotatable bonds is 4. The van der Waals surface area contributed by atoms with Crippen molar-refractivity contribution in [2.75, 3.05) is 7.05 Å². The van der Waals surface area contributed by atoms with Gasteiger partial charge in [0.25, 0.3) is 5.56 Å². The van der Waals surface area contributed by atoms with Gasteiger partial charge in [-0.3, -0.25) is 4.79 Å². The van der Waals surface area contributed by atoms with E-state index in [1.165, 1.54) is 10.2 Å². The summed E-state index contributed by atoms with van der Waals surface area (Å²) in [5, 5.41) is 7.43. The molecule has 4 nitrogen and oxygen atoms in total. The number of hydrogen-bond acceptors (Lipinski definition) is 3. The molecule has 1 aromatic carbocycles. The molecule has 2 rings (SSSR count). The molecule has 0 atom stereocenters. The van der Waals surface area contributed by atoms with Crippen molar-refractivity contribution in [1.29, 1.82) is 0 Å². The SMILES string of the molecule is CCn1nc(-c2ccc(C)cc2)cc(CNC)c1=O. The Morgan fingerprint density at radius 2 is 1.95 bits per heavy atom. The minimum Gasteiger partial charge on any atom is -0.315 e. The van der Waals surface area contributed by atoms with Crippen LogP contribution < -0.4 is 10.9 Å². The number of hydrogen-bond donors (Lipinski definition) is 1. The first-order valence-electron chi connectivity index (χ1n) is 6.48. The molecule has 0 bridgehead atoms. The van der Waals surface area contributed by atoms with Crippen LogP contribution in [0.5, 0.6) is 0 Å². The smallest absolute Gasteiger partial charge is 0.271 e. The molecule has 0 fully saturated rings. The number of nitrogens with zero attached hydrogens (tertiary/aromatic N) is 2. The zero-order valence-corrected chi connectivity index (χ0v) is 11.6. The third kappa shape index (κ3) is 2.90. The van der Waals surface area contributed by atoms with E-state index in [4.69, 9.17) is 0 Å². The summed E-state index contributed by atoms with van der Waals surface area (Å²) in [5.41, 5.74) is 3.81. The third-order valence-electron chi connectivity index (χ3n) is 3.06. The molecule has 1 heterocycles. The molecule has 100 valence electrons. The molecule has 0 spiro atoms. The molecule has 19 heavy (non-hydrogen) atoms. The van der Waals surface area contributed by atoms with Crippen molar-refractivity contribution in [3.63, 3.8) is 0 Å². The Balaban J connectivity index is 2.54. The lowest BCUT2D eigenvalue weighted by molar-refractivity contribution is 0.605. The number of benzene rings is 1. The zero-order chi connectivity index (χ0) is 13.8. The predicted molar refractivity (Wildman–Crippen MR) is 77.1 cm³/mol. The van der Waals surface area contributed by atoms with Crippen LogP contribution in [0.3, 0.4) is 0 Å². The second-order valence-corrected chi connectivity index (χ2v) is 4.57. The van der Waals surface area contributed by atoms with Crippen LogP contribution in [0.2, 0.25) is 0 Å². The van der Waals surface area contributed by atoms with Gasteiger partial charge < -0.3 is 5.32 Å². The van der Waals surface area contributed by atoms with Gasteiger partial charge in [-0.15, -0.1) is 0 Å². The van der Waals surface area contributed by atoms with Crippen LogP contribution in [0.15, 0.2) is 35.1 Å². The van der Waals surface area contributed by atoms with Crippen LogP contribution in [0.25, 0.3) is 11.3 Å². The lowest BCUT2D eigenvalue weighted by Crippen LogP contribution is -2.28. The van der Waals surface area contributed by atoms with Gasteiger partial charge in [0.1, 0.15) is 0 Å². The zero-order valence-electron chi connectivity index (χ0n) is 11.6. The van der Waals surface area contributed by atoms with Crippen LogP contribution in [-0.4, -0.2) is 16.8 Å². The average molecular weight is 257 g/mol. The standard InChI is InChI=1S/C15H19N3O/c1-4-18-15(19)13(10-16-3)9-14(17-18)12-7-5-11(2)6-8-12/h5-9,16H,4,10H2,1-3H3. The maximum absolute atomic E-state index is 12.1. The minimum atomic E-state index is -0.0206. The largest absolute Gasteiger partial charge is 0.315 e. The highest BCUT2D eigenvalue weighted by Gasteiger charge is 2.08. The minimum absolute atomic E-state index is 0.0206. The summed E-state index contributed by atoms with van der Waals surface area (Å²) in [5.74, 6) is 0. The van der Waals surface area contributed by atoms with E-state index in [1.807, 2.05) is 32.2 Å². The number of aryl methyl sites for hydroxylation is 2. The van der Waals surface area contributed by atoms with E-state index >= 15 is 0 Å². The molecule has 1 N–H and O–H groups in total. The summed E-state index contributed by atoms with van der Waals surface area (Å²) < 4.78 is 1.52. The molecule has 0 aliphatic heterocycles. The van der Waals surface area contributed by atoms with Crippen molar-refractivity contribution in [3.8, 4) is 11.3 Å². The van der Waals surface area contributed by atoms with Gasteiger partial charge in [-0.25, -0.2) is 4.68 Å². The van der Waals surface area contributed by atoms with E-state index in [-0.39, 0.29) is 5.56 Å². The maximum Gasteiger partial charge on any atom is 0.271 e. The highest BCUT2D eigenvalue weighted by Crippen LogP contribution is 2.17. The summed E-state index contributed by atoms with van der Waals surface area (Å²) in [6.45, 7) is 5.11. The van der Waals surface area contributed by atoms with Gasteiger partial charge in [0.15, 0.2) is 0 Å². The predicted octanol–water partition coefficient (Wildman–Crippen LogP) is 1.96. The first-order chi connectivity index (χ1) is 9.15. The van der Waals surface area contributed by atoms with E-state index in [0.29, 0.717) is 13.1 Å². The Kier molecular flexibility index (Phi) is 4.12. The van der Waals surface area contributed by atoms with Gasteiger partial charge in [-0.1, -0.05) is 29.8 Å². The van der Waals surface area contributed by atoms with Gasteiger partial charge in [0.05, 0.1) is 5.69 Å². The molecular weight excluding hydrogens is 238 g/mol. The summed E-state index contributed by atoms with van der Waals surface area (Å²) in [6, 6.07) is 10.0. The van der Waals surface area contributed by atoms with E-state index in [9.17, 15) is 4.79 Å². The molecule has 0 aliphatic rings. The lowest BCUT2D eigenvalue weighted by Gasteiger charge is -2.09. The topological polar surface area (TPSA) is 46.9 Å². The van der Waals surface area contributed by atoms with Crippen LogP contribution in [0, 0.1) is 6.92 Å². The number of nitrogens with one attached hydrogen (secondary N) is 1. The average Bonchev–Trinajstić information content (AvgIpc) is 2.42. The molecule has 1 aromatic heterocycles. The van der Waals surface area contributed by atoms with Gasteiger partial charge in [-0.05, 0) is 27.0 Å². The Bertz CT molecular complexity index is 614. The van der Waals surface area contributed by atoms with Crippen molar-refractivity contribution < 1.29 is 0 Å². The molecule has 0 amide bonds. The monoisotopic (exact) mass is 257 g/mol. The van der Waals surface area contributed by atoms with Crippen molar-refractivity contribution in [3.05, 3.63) is 51.8 Å². The highest BCUT2D eigenvalue weighted by atomic mass is 16.1. The molecule has 2 aromatic rings.